The molecule has 0 amide bonds. The van der Waals surface area contributed by atoms with E-state index in [4.69, 9.17) is 10.0 Å². The Hall–Kier alpha value is -1.17. The molecule has 0 bridgehead atoms. The fourth-order valence-electron chi connectivity index (χ4n) is 1.33. The molecular weight excluding hydrogens is 199 g/mol. The molecule has 0 atom stereocenters. The minimum atomic E-state index is -1.47. The van der Waals surface area contributed by atoms with Gasteiger partial charge < -0.3 is 10.0 Å². The molecule has 0 aliphatic carbocycles. The van der Waals surface area contributed by atoms with E-state index in [0.717, 1.165) is 16.4 Å². The lowest BCUT2D eigenvalue weighted by molar-refractivity contribution is 0.112. The van der Waals surface area contributed by atoms with E-state index in [1.54, 1.807) is 18.2 Å². The van der Waals surface area contributed by atoms with Crippen molar-refractivity contribution in [3.8, 4) is 0 Å². The molecule has 3 nitrogen and oxygen atoms in total. The molecule has 0 fully saturated rings. The minimum absolute atomic E-state index is 0.453. The first-order valence-electron chi connectivity index (χ1n) is 4.06. The van der Waals surface area contributed by atoms with Crippen LogP contribution in [0.5, 0.6) is 0 Å². The maximum absolute atomic E-state index is 10.7. The maximum atomic E-state index is 10.7. The van der Waals surface area contributed by atoms with Gasteiger partial charge in [-0.05, 0) is 12.1 Å². The smallest absolute Gasteiger partial charge is 0.423 e. The van der Waals surface area contributed by atoms with Crippen molar-refractivity contribution < 1.29 is 14.8 Å². The van der Waals surface area contributed by atoms with Crippen LogP contribution in [0, 0.1) is 0 Å². The van der Waals surface area contributed by atoms with Gasteiger partial charge in [0, 0.05) is 20.4 Å². The van der Waals surface area contributed by atoms with E-state index in [-0.39, 0.29) is 0 Å². The highest BCUT2D eigenvalue weighted by Gasteiger charge is 2.15. The van der Waals surface area contributed by atoms with Crippen LogP contribution in [0.4, 0.5) is 0 Å². The molecule has 70 valence electrons. The molecule has 0 spiro atoms. The number of benzene rings is 1. The number of hydrogen-bond donors (Lipinski definition) is 2. The molecule has 0 unspecified atom stereocenters. The van der Waals surface area contributed by atoms with Crippen LogP contribution >= 0.6 is 11.3 Å². The standard InChI is InChI=1S/C9H7BO3S/c11-5-6-2-1-3-8-7(6)4-9(14-8)10(12)13/h1-5,12-13H. The lowest BCUT2D eigenvalue weighted by Crippen LogP contribution is -2.26. The van der Waals surface area contributed by atoms with Gasteiger partial charge >= 0.3 is 7.12 Å². The van der Waals surface area contributed by atoms with Crippen molar-refractivity contribution in [1.29, 1.82) is 0 Å². The molecule has 0 radical (unpaired) electrons. The van der Waals surface area contributed by atoms with Crippen LogP contribution in [0.15, 0.2) is 24.3 Å². The maximum Gasteiger partial charge on any atom is 0.499 e. The van der Waals surface area contributed by atoms with Gasteiger partial charge in [0.25, 0.3) is 0 Å². The van der Waals surface area contributed by atoms with Crippen LogP contribution in [0.3, 0.4) is 0 Å². The van der Waals surface area contributed by atoms with E-state index in [0.29, 0.717) is 10.3 Å². The summed E-state index contributed by atoms with van der Waals surface area (Å²) >= 11 is 1.28. The summed E-state index contributed by atoms with van der Waals surface area (Å²) in [5.41, 5.74) is 0.575. The van der Waals surface area contributed by atoms with Gasteiger partial charge in [-0.3, -0.25) is 4.79 Å². The second-order valence-electron chi connectivity index (χ2n) is 2.90. The first kappa shape index (κ1) is 9.39. The number of carbonyl (C=O) groups is 1. The van der Waals surface area contributed by atoms with E-state index in [9.17, 15) is 4.79 Å². The molecule has 2 N–H and O–H groups in total. The first-order valence-corrected chi connectivity index (χ1v) is 4.88. The average Bonchev–Trinajstić information content (AvgIpc) is 2.60. The molecule has 0 aliphatic rings. The Morgan fingerprint density at radius 2 is 2.14 bits per heavy atom. The highest BCUT2D eigenvalue weighted by molar-refractivity contribution is 7.27. The van der Waals surface area contributed by atoms with Gasteiger partial charge in [-0.1, -0.05) is 12.1 Å². The highest BCUT2D eigenvalue weighted by Crippen LogP contribution is 2.21. The SMILES string of the molecule is O=Cc1cccc2sc(B(O)O)cc12. The molecule has 1 aromatic heterocycles. The average molecular weight is 206 g/mol. The Kier molecular flexibility index (Phi) is 2.37. The van der Waals surface area contributed by atoms with Gasteiger partial charge in [0.05, 0.1) is 0 Å². The third kappa shape index (κ3) is 1.46. The lowest BCUT2D eigenvalue weighted by atomic mass is 9.89. The second-order valence-corrected chi connectivity index (χ2v) is 4.01. The van der Waals surface area contributed by atoms with Gasteiger partial charge in [0.2, 0.25) is 0 Å². The first-order chi connectivity index (χ1) is 6.72. The minimum Gasteiger partial charge on any atom is -0.423 e. The molecule has 0 saturated heterocycles. The molecule has 0 aliphatic heterocycles. The summed E-state index contributed by atoms with van der Waals surface area (Å²) in [4.78, 5) is 10.7. The predicted octanol–water partition coefficient (Wildman–Crippen LogP) is 0.394. The summed E-state index contributed by atoms with van der Waals surface area (Å²) in [6, 6.07) is 6.96. The molecule has 5 heteroatoms. The fraction of sp³-hybridized carbons (Fsp3) is 0. The number of fused-ring (bicyclic) bond motifs is 1. The topological polar surface area (TPSA) is 57.5 Å². The molecule has 2 rings (SSSR count). The van der Waals surface area contributed by atoms with Crippen molar-refractivity contribution in [2.24, 2.45) is 0 Å². The van der Waals surface area contributed by atoms with E-state index in [1.165, 1.54) is 11.3 Å². The van der Waals surface area contributed by atoms with Crippen molar-refractivity contribution in [3.63, 3.8) is 0 Å². The predicted molar refractivity (Wildman–Crippen MR) is 57.0 cm³/mol. The summed E-state index contributed by atoms with van der Waals surface area (Å²) in [5.74, 6) is 0. The number of aldehydes is 1. The van der Waals surface area contributed by atoms with E-state index in [2.05, 4.69) is 0 Å². The fourth-order valence-corrected chi connectivity index (χ4v) is 2.30. The van der Waals surface area contributed by atoms with Crippen LogP contribution in [0.2, 0.25) is 0 Å². The normalized spacial score (nSPS) is 10.4. The quantitative estimate of drug-likeness (QED) is 0.552. The van der Waals surface area contributed by atoms with Crippen LogP contribution in [-0.4, -0.2) is 23.5 Å². The summed E-state index contributed by atoms with van der Waals surface area (Å²) < 4.78 is 1.34. The zero-order chi connectivity index (χ0) is 10.1. The largest absolute Gasteiger partial charge is 0.499 e. The third-order valence-electron chi connectivity index (χ3n) is 2.00. The number of hydrogen-bond acceptors (Lipinski definition) is 4. The zero-order valence-electron chi connectivity index (χ0n) is 7.18. The van der Waals surface area contributed by atoms with E-state index < -0.39 is 7.12 Å². The number of thiophene rings is 1. The Morgan fingerprint density at radius 3 is 2.79 bits per heavy atom. The Morgan fingerprint density at radius 1 is 1.36 bits per heavy atom. The molecule has 14 heavy (non-hydrogen) atoms. The number of rotatable bonds is 2. The van der Waals surface area contributed by atoms with Gasteiger partial charge in [0.15, 0.2) is 6.29 Å². The van der Waals surface area contributed by atoms with Gasteiger partial charge in [-0.2, -0.15) is 0 Å². The Balaban J connectivity index is 2.70. The van der Waals surface area contributed by atoms with Crippen molar-refractivity contribution in [2.75, 3.05) is 0 Å². The van der Waals surface area contributed by atoms with E-state index >= 15 is 0 Å². The van der Waals surface area contributed by atoms with Crippen LogP contribution in [0.1, 0.15) is 10.4 Å². The van der Waals surface area contributed by atoms with Crippen molar-refractivity contribution >= 4 is 39.6 Å². The number of carbonyl (C=O) groups excluding carboxylic acids is 1. The van der Waals surface area contributed by atoms with Gasteiger partial charge in [0.1, 0.15) is 0 Å². The second kappa shape index (κ2) is 3.53. The molecule has 1 heterocycles. The summed E-state index contributed by atoms with van der Waals surface area (Å²) in [6.45, 7) is 0. The van der Waals surface area contributed by atoms with E-state index in [1.807, 2.05) is 6.07 Å². The van der Waals surface area contributed by atoms with Crippen molar-refractivity contribution in [3.05, 3.63) is 29.8 Å². The molecular formula is C9H7BO3S. The Bertz CT molecular complexity index is 478. The Labute approximate surface area is 84.8 Å². The van der Waals surface area contributed by atoms with Crippen LogP contribution in [-0.2, 0) is 0 Å². The summed E-state index contributed by atoms with van der Waals surface area (Å²) in [5, 5.41) is 18.7. The van der Waals surface area contributed by atoms with Gasteiger partial charge in [-0.25, -0.2) is 0 Å². The zero-order valence-corrected chi connectivity index (χ0v) is 7.99. The molecule has 2 aromatic rings. The highest BCUT2D eigenvalue weighted by atomic mass is 32.1. The summed E-state index contributed by atoms with van der Waals surface area (Å²) in [7, 11) is -1.47. The third-order valence-corrected chi connectivity index (χ3v) is 3.14. The van der Waals surface area contributed by atoms with Crippen LogP contribution < -0.4 is 4.78 Å². The summed E-state index contributed by atoms with van der Waals surface area (Å²) in [6.07, 6.45) is 0.766. The molecule has 0 saturated carbocycles. The molecule has 1 aromatic carbocycles. The lowest BCUT2D eigenvalue weighted by Gasteiger charge is -1.91. The van der Waals surface area contributed by atoms with Crippen molar-refractivity contribution in [2.45, 2.75) is 0 Å². The van der Waals surface area contributed by atoms with Gasteiger partial charge in [-0.15, -0.1) is 11.3 Å². The van der Waals surface area contributed by atoms with Crippen LogP contribution in [0.25, 0.3) is 10.1 Å². The monoisotopic (exact) mass is 206 g/mol. The van der Waals surface area contributed by atoms with Crippen molar-refractivity contribution in [1.82, 2.24) is 0 Å².